The van der Waals surface area contributed by atoms with E-state index in [1.54, 1.807) is 12.1 Å². The van der Waals surface area contributed by atoms with Crippen LogP contribution in [0.3, 0.4) is 0 Å². The van der Waals surface area contributed by atoms with Crippen molar-refractivity contribution in [3.05, 3.63) is 81.9 Å². The molecule has 184 valence electrons. The van der Waals surface area contributed by atoms with E-state index in [1.807, 2.05) is 45.0 Å². The van der Waals surface area contributed by atoms with E-state index in [0.29, 0.717) is 17.1 Å². The van der Waals surface area contributed by atoms with Crippen LogP contribution in [0.15, 0.2) is 48.5 Å². The summed E-state index contributed by atoms with van der Waals surface area (Å²) in [5.74, 6) is -4.44. The molecule has 3 aromatic rings. The zero-order valence-electron chi connectivity index (χ0n) is 20.2. The Hall–Kier alpha value is -3.45. The fourth-order valence-corrected chi connectivity index (χ4v) is 4.02. The predicted octanol–water partition coefficient (Wildman–Crippen LogP) is 6.61. The van der Waals surface area contributed by atoms with Crippen LogP contribution in [0.2, 0.25) is 5.02 Å². The average Bonchev–Trinajstić information content (AvgIpc) is 2.81. The van der Waals surface area contributed by atoms with Gasteiger partial charge in [0.05, 0.1) is 0 Å². The van der Waals surface area contributed by atoms with E-state index in [-0.39, 0.29) is 5.56 Å². The van der Waals surface area contributed by atoms with Crippen LogP contribution in [0.4, 0.5) is 20.2 Å². The largest absolute Gasteiger partial charge is 0.480 e. The number of hydrogen-bond acceptors (Lipinski definition) is 3. The van der Waals surface area contributed by atoms with Crippen LogP contribution in [0.5, 0.6) is 0 Å². The summed E-state index contributed by atoms with van der Waals surface area (Å²) in [6, 6.07) is 12.1. The summed E-state index contributed by atoms with van der Waals surface area (Å²) in [4.78, 5) is 26.6. The average molecular weight is 501 g/mol. The molecule has 5 nitrogen and oxygen atoms in total. The molecule has 0 fully saturated rings. The van der Waals surface area contributed by atoms with Crippen molar-refractivity contribution in [1.29, 1.82) is 0 Å². The number of likely N-dealkylation sites (N-methyl/N-ethyl adjacent to an activating group) is 1. The van der Waals surface area contributed by atoms with E-state index < -0.39 is 35.1 Å². The smallest absolute Gasteiger partial charge is 0.326 e. The summed E-state index contributed by atoms with van der Waals surface area (Å²) in [7, 11) is 1.19. The minimum Gasteiger partial charge on any atom is -0.480 e. The molecule has 0 aliphatic rings. The van der Waals surface area contributed by atoms with Gasteiger partial charge >= 0.3 is 5.97 Å². The van der Waals surface area contributed by atoms with Crippen molar-refractivity contribution in [2.75, 3.05) is 18.5 Å². The maximum Gasteiger partial charge on any atom is 0.326 e. The Morgan fingerprint density at radius 2 is 1.54 bits per heavy atom. The van der Waals surface area contributed by atoms with E-state index in [1.165, 1.54) is 14.0 Å². The Morgan fingerprint density at radius 1 is 0.971 bits per heavy atom. The first-order valence-corrected chi connectivity index (χ1v) is 11.5. The highest BCUT2D eigenvalue weighted by Crippen LogP contribution is 2.34. The molecule has 1 atom stereocenters. The lowest BCUT2D eigenvalue weighted by molar-refractivity contribution is -0.141. The third-order valence-corrected chi connectivity index (χ3v) is 6.65. The van der Waals surface area contributed by atoms with Gasteiger partial charge in [0, 0.05) is 30.0 Å². The van der Waals surface area contributed by atoms with Crippen LogP contribution in [-0.4, -0.2) is 41.5 Å². The number of hydrogen-bond donors (Lipinski definition) is 1. The summed E-state index contributed by atoms with van der Waals surface area (Å²) in [6.45, 7) is 7.78. The molecule has 0 saturated carbocycles. The van der Waals surface area contributed by atoms with E-state index in [2.05, 4.69) is 4.90 Å². The summed E-state index contributed by atoms with van der Waals surface area (Å²) in [5.41, 5.74) is 3.69. The molecular formula is C27H27ClF2N2O3. The molecule has 0 spiro atoms. The summed E-state index contributed by atoms with van der Waals surface area (Å²) in [5, 5.41) is 9.82. The molecule has 0 radical (unpaired) electrons. The van der Waals surface area contributed by atoms with Gasteiger partial charge < -0.3 is 14.9 Å². The van der Waals surface area contributed by atoms with Gasteiger partial charge in [-0.25, -0.2) is 13.6 Å². The van der Waals surface area contributed by atoms with Crippen molar-refractivity contribution in [2.45, 2.75) is 33.7 Å². The minimum atomic E-state index is -1.28. The molecule has 3 aromatic carbocycles. The standard InChI is InChI=1S/C27H27ClF2N2O3/c1-6-32(21-10-15(2)25(28)16(3)11-21)20-9-7-8-18(12-20)19-13-22(29)24(23(30)14-19)26(33)31(5)17(4)27(34)35/h7-14,17H,6H2,1-5H3,(H,34,35)/t17-/m0/s1. The number of amides is 1. The van der Waals surface area contributed by atoms with Crippen molar-refractivity contribution in [1.82, 2.24) is 4.90 Å². The highest BCUT2D eigenvalue weighted by Gasteiger charge is 2.28. The normalized spacial score (nSPS) is 11.8. The van der Waals surface area contributed by atoms with Crippen LogP contribution < -0.4 is 4.90 Å². The molecule has 0 aliphatic carbocycles. The van der Waals surface area contributed by atoms with Gasteiger partial charge in [-0.2, -0.15) is 0 Å². The van der Waals surface area contributed by atoms with Gasteiger partial charge in [-0.05, 0) is 86.3 Å². The Kier molecular flexibility index (Phi) is 7.80. The Bertz CT molecular complexity index is 1250. The molecular weight excluding hydrogens is 474 g/mol. The van der Waals surface area contributed by atoms with Crippen LogP contribution >= 0.6 is 11.6 Å². The lowest BCUT2D eigenvalue weighted by Gasteiger charge is -2.25. The maximum absolute atomic E-state index is 14.9. The van der Waals surface area contributed by atoms with Gasteiger partial charge in [-0.3, -0.25) is 4.79 Å². The number of rotatable bonds is 7. The van der Waals surface area contributed by atoms with Crippen molar-refractivity contribution in [2.24, 2.45) is 0 Å². The summed E-state index contributed by atoms with van der Waals surface area (Å²) >= 11 is 6.32. The third kappa shape index (κ3) is 5.30. The van der Waals surface area contributed by atoms with Crippen molar-refractivity contribution in [3.8, 4) is 11.1 Å². The molecule has 0 heterocycles. The van der Waals surface area contributed by atoms with Gasteiger partial charge in [-0.15, -0.1) is 0 Å². The maximum atomic E-state index is 14.9. The van der Waals surface area contributed by atoms with Gasteiger partial charge in [0.2, 0.25) is 0 Å². The molecule has 0 saturated heterocycles. The van der Waals surface area contributed by atoms with Crippen LogP contribution in [0, 0.1) is 25.5 Å². The predicted molar refractivity (Wildman–Crippen MR) is 135 cm³/mol. The lowest BCUT2D eigenvalue weighted by Crippen LogP contribution is -2.41. The van der Waals surface area contributed by atoms with Gasteiger partial charge in [0.25, 0.3) is 5.91 Å². The Balaban J connectivity index is 2.00. The molecule has 0 aliphatic heterocycles. The molecule has 1 N–H and O–H groups in total. The zero-order chi connectivity index (χ0) is 26.0. The quantitative estimate of drug-likeness (QED) is 0.397. The van der Waals surface area contributed by atoms with Crippen molar-refractivity contribution >= 4 is 34.9 Å². The number of carbonyl (C=O) groups excluding carboxylic acids is 1. The monoisotopic (exact) mass is 500 g/mol. The molecule has 35 heavy (non-hydrogen) atoms. The first kappa shape index (κ1) is 26.2. The molecule has 3 rings (SSSR count). The fraction of sp³-hybridized carbons (Fsp3) is 0.259. The Labute approximate surface area is 208 Å². The van der Waals surface area contributed by atoms with E-state index >= 15 is 0 Å². The third-order valence-electron chi connectivity index (χ3n) is 6.05. The first-order chi connectivity index (χ1) is 16.5. The fourth-order valence-electron chi connectivity index (χ4n) is 3.91. The molecule has 0 bridgehead atoms. The number of aliphatic carboxylic acids is 1. The number of halogens is 3. The topological polar surface area (TPSA) is 60.9 Å². The second-order valence-corrected chi connectivity index (χ2v) is 8.81. The molecule has 1 amide bonds. The van der Waals surface area contributed by atoms with E-state index in [0.717, 1.165) is 39.5 Å². The second-order valence-electron chi connectivity index (χ2n) is 8.43. The number of nitrogens with zero attached hydrogens (tertiary/aromatic N) is 2. The summed E-state index contributed by atoms with van der Waals surface area (Å²) in [6.07, 6.45) is 0. The second kappa shape index (κ2) is 10.4. The van der Waals surface area contributed by atoms with Crippen LogP contribution in [-0.2, 0) is 4.79 Å². The number of aryl methyl sites for hydroxylation is 2. The van der Waals surface area contributed by atoms with Gasteiger partial charge in [0.1, 0.15) is 23.2 Å². The van der Waals surface area contributed by atoms with Crippen molar-refractivity contribution < 1.29 is 23.5 Å². The number of carbonyl (C=O) groups is 2. The number of anilines is 2. The molecule has 0 aromatic heterocycles. The van der Waals surface area contributed by atoms with E-state index in [9.17, 15) is 18.4 Å². The summed E-state index contributed by atoms with van der Waals surface area (Å²) < 4.78 is 29.9. The first-order valence-electron chi connectivity index (χ1n) is 11.1. The van der Waals surface area contributed by atoms with Gasteiger partial charge in [-0.1, -0.05) is 23.7 Å². The van der Waals surface area contributed by atoms with Crippen LogP contribution in [0.1, 0.15) is 35.3 Å². The minimum absolute atomic E-state index is 0.256. The lowest BCUT2D eigenvalue weighted by atomic mass is 10.0. The number of carboxylic acids is 1. The molecule has 0 unspecified atom stereocenters. The number of carboxylic acid groups (broad SMARTS) is 1. The molecule has 8 heteroatoms. The number of benzene rings is 3. The Morgan fingerprint density at radius 3 is 2.06 bits per heavy atom. The highest BCUT2D eigenvalue weighted by molar-refractivity contribution is 6.32. The zero-order valence-corrected chi connectivity index (χ0v) is 21.0. The van der Waals surface area contributed by atoms with Crippen molar-refractivity contribution in [3.63, 3.8) is 0 Å². The van der Waals surface area contributed by atoms with Gasteiger partial charge in [0.15, 0.2) is 0 Å². The SMILES string of the molecule is CCN(c1cccc(-c2cc(F)c(C(=O)N(C)[C@@H](C)C(=O)O)c(F)c2)c1)c1cc(C)c(Cl)c(C)c1. The highest BCUT2D eigenvalue weighted by atomic mass is 35.5. The van der Waals surface area contributed by atoms with Crippen LogP contribution in [0.25, 0.3) is 11.1 Å². The van der Waals surface area contributed by atoms with E-state index in [4.69, 9.17) is 16.7 Å².